The van der Waals surface area contributed by atoms with Gasteiger partial charge in [0, 0.05) is 12.3 Å². The normalized spacial score (nSPS) is 45.1. The molecule has 5 atom stereocenters. The highest BCUT2D eigenvalue weighted by molar-refractivity contribution is 9.10. The van der Waals surface area contributed by atoms with Crippen LogP contribution in [-0.4, -0.2) is 21.2 Å². The minimum atomic E-state index is -0.178. The molecular weight excluding hydrogens is 336 g/mol. The Morgan fingerprint density at radius 1 is 1.12 bits per heavy atom. The Labute approximate surface area is 113 Å². The minimum Gasteiger partial charge on any atom is -0.298 e. The number of Topliss-reactive ketones (excluding diaryl/α,β-unsaturated/α-hetero) is 2. The zero-order valence-corrected chi connectivity index (χ0v) is 12.5. The molecule has 2 rings (SSSR count). The number of ketones is 2. The van der Waals surface area contributed by atoms with Crippen molar-refractivity contribution < 1.29 is 9.59 Å². The quantitative estimate of drug-likeness (QED) is 0.628. The van der Waals surface area contributed by atoms with Gasteiger partial charge in [0.25, 0.3) is 0 Å². The molecule has 2 fully saturated rings. The van der Waals surface area contributed by atoms with Gasteiger partial charge >= 0.3 is 0 Å². The van der Waals surface area contributed by atoms with Crippen LogP contribution in [0.25, 0.3) is 0 Å². The van der Waals surface area contributed by atoms with E-state index in [1.54, 1.807) is 0 Å². The third-order valence-electron chi connectivity index (χ3n) is 3.99. The molecule has 0 aromatic carbocycles. The Bertz CT molecular complexity index is 316. The molecule has 0 radical (unpaired) electrons. The first-order valence-electron chi connectivity index (χ1n) is 5.87. The van der Waals surface area contributed by atoms with Gasteiger partial charge in [0.1, 0.15) is 11.6 Å². The standard InChI is InChI=1S/C12H16Br2O2/c1-6-10(13)9(15)5-7-3-2-4-8(7)12(16)11(6)14/h6-8,10-11H,2-5H2,1H3/t6-,7-,8+,10-,11+/m0/s1. The molecule has 0 saturated heterocycles. The van der Waals surface area contributed by atoms with Crippen LogP contribution in [0.1, 0.15) is 32.6 Å². The van der Waals surface area contributed by atoms with E-state index in [2.05, 4.69) is 31.9 Å². The summed E-state index contributed by atoms with van der Waals surface area (Å²) in [5.41, 5.74) is 0. The predicted octanol–water partition coefficient (Wildman–Crippen LogP) is 3.11. The van der Waals surface area contributed by atoms with E-state index in [0.29, 0.717) is 18.1 Å². The van der Waals surface area contributed by atoms with Gasteiger partial charge in [-0.3, -0.25) is 9.59 Å². The summed E-state index contributed by atoms with van der Waals surface area (Å²) in [7, 11) is 0. The SMILES string of the molecule is C[C@H]1[C@H](Br)C(=O)C[C@@H]2CCC[C@H]2C(=O)[C@@H]1Br. The maximum Gasteiger partial charge on any atom is 0.150 e. The van der Waals surface area contributed by atoms with Crippen LogP contribution in [0.2, 0.25) is 0 Å². The van der Waals surface area contributed by atoms with Crippen LogP contribution in [0.3, 0.4) is 0 Å². The first kappa shape index (κ1) is 12.7. The van der Waals surface area contributed by atoms with E-state index in [-0.39, 0.29) is 27.3 Å². The average molecular weight is 352 g/mol. The summed E-state index contributed by atoms with van der Waals surface area (Å²) in [5.74, 6) is 1.04. The molecule has 0 aromatic heterocycles. The fraction of sp³-hybridized carbons (Fsp3) is 0.833. The molecule has 0 unspecified atom stereocenters. The van der Waals surface area contributed by atoms with Crippen molar-refractivity contribution in [2.45, 2.75) is 42.3 Å². The number of halogens is 2. The van der Waals surface area contributed by atoms with Crippen molar-refractivity contribution in [3.8, 4) is 0 Å². The molecule has 2 saturated carbocycles. The molecule has 0 spiro atoms. The molecule has 4 heteroatoms. The summed E-state index contributed by atoms with van der Waals surface area (Å²) in [5, 5.41) is 0. The van der Waals surface area contributed by atoms with Crippen molar-refractivity contribution >= 4 is 43.4 Å². The van der Waals surface area contributed by atoms with Crippen LogP contribution in [-0.2, 0) is 9.59 Å². The van der Waals surface area contributed by atoms with Crippen LogP contribution in [0, 0.1) is 17.8 Å². The second-order valence-electron chi connectivity index (χ2n) is 5.03. The van der Waals surface area contributed by atoms with Gasteiger partial charge < -0.3 is 0 Å². The highest BCUT2D eigenvalue weighted by atomic mass is 79.9. The van der Waals surface area contributed by atoms with Gasteiger partial charge in [0.15, 0.2) is 0 Å². The lowest BCUT2D eigenvalue weighted by Gasteiger charge is -2.30. The molecule has 2 aliphatic carbocycles. The van der Waals surface area contributed by atoms with Gasteiger partial charge in [-0.05, 0) is 24.7 Å². The maximum absolute atomic E-state index is 12.3. The average Bonchev–Trinajstić information content (AvgIpc) is 2.72. The molecule has 16 heavy (non-hydrogen) atoms. The lowest BCUT2D eigenvalue weighted by molar-refractivity contribution is -0.127. The summed E-state index contributed by atoms with van der Waals surface area (Å²) in [6.07, 6.45) is 3.68. The third-order valence-corrected chi connectivity index (χ3v) is 6.62. The van der Waals surface area contributed by atoms with Crippen molar-refractivity contribution in [2.24, 2.45) is 17.8 Å². The monoisotopic (exact) mass is 350 g/mol. The molecule has 0 amide bonds. The van der Waals surface area contributed by atoms with Crippen molar-refractivity contribution in [3.05, 3.63) is 0 Å². The molecule has 90 valence electrons. The molecule has 0 aromatic rings. The highest BCUT2D eigenvalue weighted by Crippen LogP contribution is 2.41. The Hall–Kier alpha value is 0.300. The number of carbonyl (C=O) groups is 2. The molecule has 0 aliphatic heterocycles. The number of hydrogen-bond donors (Lipinski definition) is 0. The van der Waals surface area contributed by atoms with E-state index in [4.69, 9.17) is 0 Å². The highest BCUT2D eigenvalue weighted by Gasteiger charge is 2.43. The van der Waals surface area contributed by atoms with E-state index in [1.165, 1.54) is 0 Å². The van der Waals surface area contributed by atoms with E-state index in [0.717, 1.165) is 19.3 Å². The molecular formula is C12H16Br2O2. The number of hydrogen-bond acceptors (Lipinski definition) is 2. The predicted molar refractivity (Wildman–Crippen MR) is 70.1 cm³/mol. The second kappa shape index (κ2) is 4.89. The zero-order valence-electron chi connectivity index (χ0n) is 9.29. The van der Waals surface area contributed by atoms with Gasteiger partial charge in [-0.15, -0.1) is 0 Å². The number of carbonyl (C=O) groups excluding carboxylic acids is 2. The van der Waals surface area contributed by atoms with Crippen LogP contribution in [0.4, 0.5) is 0 Å². The fourth-order valence-electron chi connectivity index (χ4n) is 2.93. The lowest BCUT2D eigenvalue weighted by Crippen LogP contribution is -2.41. The Balaban J connectivity index is 2.26. The van der Waals surface area contributed by atoms with Crippen LogP contribution in [0.15, 0.2) is 0 Å². The number of alkyl halides is 2. The van der Waals surface area contributed by atoms with Crippen molar-refractivity contribution in [1.82, 2.24) is 0 Å². The molecule has 0 heterocycles. The van der Waals surface area contributed by atoms with E-state index in [1.807, 2.05) is 6.92 Å². The second-order valence-corrected chi connectivity index (χ2v) is 7.01. The number of rotatable bonds is 0. The summed E-state index contributed by atoms with van der Waals surface area (Å²) in [4.78, 5) is 23.9. The van der Waals surface area contributed by atoms with Gasteiger partial charge in [0.05, 0.1) is 9.65 Å². The van der Waals surface area contributed by atoms with Crippen molar-refractivity contribution in [3.63, 3.8) is 0 Å². The smallest absolute Gasteiger partial charge is 0.150 e. The van der Waals surface area contributed by atoms with E-state index < -0.39 is 0 Å². The third kappa shape index (κ3) is 2.15. The summed E-state index contributed by atoms with van der Waals surface area (Å²) in [6, 6.07) is 0. The first-order valence-corrected chi connectivity index (χ1v) is 7.70. The molecule has 2 aliphatic rings. The molecule has 0 bridgehead atoms. The largest absolute Gasteiger partial charge is 0.298 e. The van der Waals surface area contributed by atoms with Crippen LogP contribution >= 0.6 is 31.9 Å². The summed E-state index contributed by atoms with van der Waals surface area (Å²) in [6.45, 7) is 1.96. The summed E-state index contributed by atoms with van der Waals surface area (Å²) < 4.78 is 0. The first-order chi connectivity index (χ1) is 7.52. The topological polar surface area (TPSA) is 34.1 Å². The van der Waals surface area contributed by atoms with E-state index in [9.17, 15) is 9.59 Å². The zero-order chi connectivity index (χ0) is 11.9. The van der Waals surface area contributed by atoms with Gasteiger partial charge in [-0.2, -0.15) is 0 Å². The van der Waals surface area contributed by atoms with E-state index >= 15 is 0 Å². The summed E-state index contributed by atoms with van der Waals surface area (Å²) >= 11 is 6.91. The fourth-order valence-corrected chi connectivity index (χ4v) is 4.48. The Morgan fingerprint density at radius 3 is 2.50 bits per heavy atom. The van der Waals surface area contributed by atoms with Gasteiger partial charge in [-0.1, -0.05) is 45.2 Å². The maximum atomic E-state index is 12.3. The van der Waals surface area contributed by atoms with Gasteiger partial charge in [-0.25, -0.2) is 0 Å². The van der Waals surface area contributed by atoms with Crippen molar-refractivity contribution in [1.29, 1.82) is 0 Å². The number of fused-ring (bicyclic) bond motifs is 1. The lowest BCUT2D eigenvalue weighted by atomic mass is 9.79. The van der Waals surface area contributed by atoms with Crippen LogP contribution < -0.4 is 0 Å². The molecule has 0 N–H and O–H groups in total. The molecule has 2 nitrogen and oxygen atoms in total. The van der Waals surface area contributed by atoms with Gasteiger partial charge in [0.2, 0.25) is 0 Å². The van der Waals surface area contributed by atoms with Crippen LogP contribution in [0.5, 0.6) is 0 Å². The van der Waals surface area contributed by atoms with Crippen molar-refractivity contribution in [2.75, 3.05) is 0 Å². The minimum absolute atomic E-state index is 0.0431. The Kier molecular flexibility index (Phi) is 3.89. The Morgan fingerprint density at radius 2 is 1.81 bits per heavy atom.